The maximum absolute atomic E-state index is 10.1. The highest BCUT2D eigenvalue weighted by Crippen LogP contribution is 1.89. The van der Waals surface area contributed by atoms with Crippen LogP contribution in [0.5, 0.6) is 0 Å². The van der Waals surface area contributed by atoms with Gasteiger partial charge in [-0.3, -0.25) is 5.21 Å². The topological polar surface area (TPSA) is 66.6 Å². The summed E-state index contributed by atoms with van der Waals surface area (Å²) in [7, 11) is 0. The van der Waals surface area contributed by atoms with E-state index in [4.69, 9.17) is 11.6 Å². The van der Waals surface area contributed by atoms with Crippen LogP contribution < -0.4 is 5.73 Å². The van der Waals surface area contributed by atoms with E-state index in [1.807, 2.05) is 0 Å². The molecule has 1 unspecified atom stereocenters. The summed E-state index contributed by atoms with van der Waals surface area (Å²) in [5, 5.41) is 8.90. The van der Waals surface area contributed by atoms with Gasteiger partial charge in [0.2, 0.25) is 0 Å². The lowest BCUT2D eigenvalue weighted by molar-refractivity contribution is -0.0536. The van der Waals surface area contributed by atoms with E-state index in [1.165, 1.54) is 6.92 Å². The number of rotatable bonds is 1. The van der Waals surface area contributed by atoms with Gasteiger partial charge in [-0.1, -0.05) is 5.92 Å². The highest BCUT2D eigenvalue weighted by molar-refractivity contribution is 5.71. The van der Waals surface area contributed by atoms with Crippen LogP contribution in [0.4, 0.5) is 4.79 Å². The molecule has 0 aliphatic heterocycles. The van der Waals surface area contributed by atoms with Crippen molar-refractivity contribution in [1.82, 2.24) is 5.06 Å². The number of carbonyl (C=O) groups excluding carboxylic acids is 1. The summed E-state index contributed by atoms with van der Waals surface area (Å²) >= 11 is 0. The Hall–Kier alpha value is -1.21. The summed E-state index contributed by atoms with van der Waals surface area (Å²) in [6, 6.07) is -1.61. The quantitative estimate of drug-likeness (QED) is 0.291. The Balaban J connectivity index is 3.91. The number of terminal acetylenes is 1. The normalized spacial score (nSPS) is 11.7. The van der Waals surface area contributed by atoms with E-state index in [0.29, 0.717) is 5.06 Å². The minimum absolute atomic E-state index is 0.292. The number of hydroxylamine groups is 2. The van der Waals surface area contributed by atoms with Crippen LogP contribution in [-0.2, 0) is 0 Å². The number of amides is 2. The fraction of sp³-hybridized carbons (Fsp3) is 0.400. The van der Waals surface area contributed by atoms with Crippen LogP contribution >= 0.6 is 0 Å². The van der Waals surface area contributed by atoms with Crippen LogP contribution in [0, 0.1) is 12.3 Å². The van der Waals surface area contributed by atoms with Crippen molar-refractivity contribution in [2.75, 3.05) is 0 Å². The molecule has 0 rings (SSSR count). The Morgan fingerprint density at radius 2 is 2.44 bits per heavy atom. The molecule has 0 saturated carbocycles. The molecule has 0 saturated heterocycles. The Morgan fingerprint density at radius 1 is 2.00 bits per heavy atom. The van der Waals surface area contributed by atoms with Gasteiger partial charge < -0.3 is 5.73 Å². The van der Waals surface area contributed by atoms with Gasteiger partial charge in [0, 0.05) is 0 Å². The van der Waals surface area contributed by atoms with E-state index in [2.05, 4.69) is 11.7 Å². The molecule has 4 heteroatoms. The molecule has 4 nitrogen and oxygen atoms in total. The molecule has 50 valence electrons. The predicted octanol–water partition coefficient (Wildman–Crippen LogP) is -0.222. The smallest absolute Gasteiger partial charge is 0.339 e. The molecule has 0 heterocycles. The Kier molecular flexibility index (Phi) is 2.55. The van der Waals surface area contributed by atoms with Crippen LogP contribution in [0.3, 0.4) is 0 Å². The lowest BCUT2D eigenvalue weighted by atomic mass is 10.4. The minimum atomic E-state index is -0.944. The van der Waals surface area contributed by atoms with Gasteiger partial charge in [-0.25, -0.2) is 4.79 Å². The molecule has 0 spiro atoms. The van der Waals surface area contributed by atoms with E-state index in [9.17, 15) is 4.79 Å². The highest BCUT2D eigenvalue weighted by atomic mass is 16.5. The monoisotopic (exact) mass is 128 g/mol. The molecule has 0 radical (unpaired) electrons. The molecular weight excluding hydrogens is 120 g/mol. The molecule has 2 amide bonds. The van der Waals surface area contributed by atoms with E-state index >= 15 is 0 Å². The van der Waals surface area contributed by atoms with Crippen LogP contribution in [0.15, 0.2) is 0 Å². The first kappa shape index (κ1) is 7.79. The second-order valence-electron chi connectivity index (χ2n) is 1.53. The molecule has 0 aliphatic carbocycles. The van der Waals surface area contributed by atoms with Crippen LogP contribution in [-0.4, -0.2) is 22.3 Å². The molecule has 0 aromatic rings. The van der Waals surface area contributed by atoms with Crippen molar-refractivity contribution >= 4 is 6.03 Å². The molecular formula is C5H8N2O2. The fourth-order valence-electron chi connectivity index (χ4n) is 0.261. The third-order valence-corrected chi connectivity index (χ3v) is 0.834. The second-order valence-corrected chi connectivity index (χ2v) is 1.53. The fourth-order valence-corrected chi connectivity index (χ4v) is 0.261. The first-order valence-corrected chi connectivity index (χ1v) is 2.33. The zero-order chi connectivity index (χ0) is 7.44. The van der Waals surface area contributed by atoms with E-state index < -0.39 is 12.1 Å². The summed E-state index contributed by atoms with van der Waals surface area (Å²) in [4.78, 5) is 10.1. The molecule has 3 N–H and O–H groups in total. The number of hydrogen-bond donors (Lipinski definition) is 2. The summed E-state index contributed by atoms with van der Waals surface area (Å²) < 4.78 is 0. The number of urea groups is 1. The van der Waals surface area contributed by atoms with Crippen molar-refractivity contribution in [3.8, 4) is 12.3 Å². The molecule has 0 bridgehead atoms. The predicted molar refractivity (Wildman–Crippen MR) is 31.5 cm³/mol. The molecule has 0 aromatic heterocycles. The van der Waals surface area contributed by atoms with Gasteiger partial charge in [-0.15, -0.1) is 6.42 Å². The van der Waals surface area contributed by atoms with Gasteiger partial charge in [-0.2, -0.15) is 5.06 Å². The van der Waals surface area contributed by atoms with Crippen molar-refractivity contribution in [1.29, 1.82) is 0 Å². The largest absolute Gasteiger partial charge is 0.350 e. The Labute approximate surface area is 53.2 Å². The summed E-state index contributed by atoms with van der Waals surface area (Å²) in [5.41, 5.74) is 4.65. The second kappa shape index (κ2) is 2.95. The van der Waals surface area contributed by atoms with Crippen molar-refractivity contribution in [3.63, 3.8) is 0 Å². The Morgan fingerprint density at radius 3 is 2.56 bits per heavy atom. The zero-order valence-electron chi connectivity index (χ0n) is 5.03. The highest BCUT2D eigenvalue weighted by Gasteiger charge is 2.10. The van der Waals surface area contributed by atoms with Gasteiger partial charge >= 0.3 is 6.03 Å². The van der Waals surface area contributed by atoms with E-state index in [0.717, 1.165) is 0 Å². The van der Waals surface area contributed by atoms with Crippen molar-refractivity contribution < 1.29 is 10.0 Å². The standard InChI is InChI=1S/C5H8N2O2/c1-3-4(2)7(9)5(6)8/h1,4,9H,2H3,(H2,6,8). The molecule has 0 fully saturated rings. The van der Waals surface area contributed by atoms with E-state index in [-0.39, 0.29) is 0 Å². The zero-order valence-corrected chi connectivity index (χ0v) is 5.03. The summed E-state index contributed by atoms with van der Waals surface area (Å²) in [6.45, 7) is 1.48. The molecule has 9 heavy (non-hydrogen) atoms. The van der Waals surface area contributed by atoms with Gasteiger partial charge in [0.25, 0.3) is 0 Å². The first-order valence-electron chi connectivity index (χ1n) is 2.33. The van der Waals surface area contributed by atoms with Crippen molar-refractivity contribution in [2.24, 2.45) is 5.73 Å². The van der Waals surface area contributed by atoms with E-state index in [1.54, 1.807) is 0 Å². The van der Waals surface area contributed by atoms with Gasteiger partial charge in [0.1, 0.15) is 6.04 Å². The molecule has 0 aliphatic rings. The lowest BCUT2D eigenvalue weighted by Crippen LogP contribution is -2.38. The molecule has 1 atom stereocenters. The number of primary amides is 1. The van der Waals surface area contributed by atoms with Crippen LogP contribution in [0.25, 0.3) is 0 Å². The number of nitrogens with two attached hydrogens (primary N) is 1. The third-order valence-electron chi connectivity index (χ3n) is 0.834. The summed E-state index contributed by atoms with van der Waals surface area (Å²) in [5.74, 6) is 2.12. The maximum Gasteiger partial charge on any atom is 0.339 e. The van der Waals surface area contributed by atoms with Crippen molar-refractivity contribution in [3.05, 3.63) is 0 Å². The number of hydrogen-bond acceptors (Lipinski definition) is 2. The summed E-state index contributed by atoms with van der Waals surface area (Å²) in [6.07, 6.45) is 4.85. The first-order chi connectivity index (χ1) is 4.09. The van der Waals surface area contributed by atoms with Crippen LogP contribution in [0.2, 0.25) is 0 Å². The van der Waals surface area contributed by atoms with Gasteiger partial charge in [0.15, 0.2) is 0 Å². The number of carbonyl (C=O) groups is 1. The van der Waals surface area contributed by atoms with Gasteiger partial charge in [-0.05, 0) is 6.92 Å². The average molecular weight is 128 g/mol. The van der Waals surface area contributed by atoms with Gasteiger partial charge in [0.05, 0.1) is 0 Å². The van der Waals surface area contributed by atoms with Crippen LogP contribution in [0.1, 0.15) is 6.92 Å². The third kappa shape index (κ3) is 2.02. The maximum atomic E-state index is 10.1. The minimum Gasteiger partial charge on any atom is -0.350 e. The molecule has 0 aromatic carbocycles. The number of nitrogens with zero attached hydrogens (tertiary/aromatic N) is 1. The average Bonchev–Trinajstić information content (AvgIpc) is 1.84. The van der Waals surface area contributed by atoms with Crippen molar-refractivity contribution in [2.45, 2.75) is 13.0 Å². The Bertz CT molecular complexity index is 150. The lowest BCUT2D eigenvalue weighted by Gasteiger charge is -2.13. The SMILES string of the molecule is C#CC(C)N(O)C(N)=O.